The lowest BCUT2D eigenvalue weighted by molar-refractivity contribution is -0.188. The fourth-order valence-corrected chi connectivity index (χ4v) is 4.18. The maximum atomic E-state index is 14.7. The molecule has 212 valence electrons. The summed E-state index contributed by atoms with van der Waals surface area (Å²) in [6, 6.07) is 11.8. The van der Waals surface area contributed by atoms with E-state index in [0.29, 0.717) is 6.42 Å². The molecule has 39 heavy (non-hydrogen) atoms. The Kier molecular flexibility index (Phi) is 10.7. The summed E-state index contributed by atoms with van der Waals surface area (Å²) in [4.78, 5) is 0. The second kappa shape index (κ2) is 13.8. The molecule has 0 N–H and O–H groups in total. The number of halogens is 6. The van der Waals surface area contributed by atoms with Crippen LogP contribution >= 0.6 is 0 Å². The van der Waals surface area contributed by atoms with Crippen molar-refractivity contribution in [2.45, 2.75) is 83.9 Å². The first-order chi connectivity index (χ1) is 18.6. The first kappa shape index (κ1) is 30.4. The Balaban J connectivity index is 1.65. The van der Waals surface area contributed by atoms with Gasteiger partial charge in [-0.25, -0.2) is 8.78 Å². The van der Waals surface area contributed by atoms with Crippen molar-refractivity contribution in [3.63, 3.8) is 0 Å². The maximum Gasteiger partial charge on any atom is 0.429 e. The van der Waals surface area contributed by atoms with Gasteiger partial charge in [-0.05, 0) is 79.3 Å². The van der Waals surface area contributed by atoms with Crippen LogP contribution in [0.2, 0.25) is 0 Å². The van der Waals surface area contributed by atoms with Crippen molar-refractivity contribution in [3.05, 3.63) is 94.6 Å². The van der Waals surface area contributed by atoms with Gasteiger partial charge in [-0.1, -0.05) is 64.2 Å². The Morgan fingerprint density at radius 3 is 1.72 bits per heavy atom. The highest BCUT2D eigenvalue weighted by molar-refractivity contribution is 5.34. The van der Waals surface area contributed by atoms with Gasteiger partial charge in [-0.2, -0.15) is 17.6 Å². The zero-order valence-corrected chi connectivity index (χ0v) is 22.2. The van der Waals surface area contributed by atoms with Gasteiger partial charge in [0.2, 0.25) is 0 Å². The molecule has 0 atom stereocenters. The first-order valence-corrected chi connectivity index (χ1v) is 13.4. The van der Waals surface area contributed by atoms with Crippen LogP contribution in [0.15, 0.2) is 60.7 Å². The average molecular weight is 553 g/mol. The molecule has 3 rings (SSSR count). The molecular weight excluding hydrogens is 518 g/mol. The van der Waals surface area contributed by atoms with E-state index in [1.54, 1.807) is 12.1 Å². The van der Waals surface area contributed by atoms with Gasteiger partial charge in [0.1, 0.15) is 17.1 Å². The van der Waals surface area contributed by atoms with Crippen LogP contribution in [-0.2, 0) is 25.1 Å². The maximum absolute atomic E-state index is 14.7. The number of hydrogen-bond acceptors (Lipinski definition) is 2. The summed E-state index contributed by atoms with van der Waals surface area (Å²) in [5.41, 5.74) is -0.830. The van der Waals surface area contributed by atoms with E-state index in [0.717, 1.165) is 86.9 Å². The van der Waals surface area contributed by atoms with E-state index in [9.17, 15) is 26.3 Å². The predicted octanol–water partition coefficient (Wildman–Crippen LogP) is 10.1. The highest BCUT2D eigenvalue weighted by Gasteiger charge is 2.40. The van der Waals surface area contributed by atoms with Gasteiger partial charge in [0, 0.05) is 0 Å². The van der Waals surface area contributed by atoms with E-state index < -0.39 is 40.7 Å². The molecule has 0 unspecified atom stereocenters. The van der Waals surface area contributed by atoms with Crippen LogP contribution in [0.25, 0.3) is 0 Å². The van der Waals surface area contributed by atoms with Crippen LogP contribution in [0.1, 0.15) is 81.0 Å². The summed E-state index contributed by atoms with van der Waals surface area (Å²) in [5, 5.41) is 0. The van der Waals surface area contributed by atoms with Gasteiger partial charge in [-0.3, -0.25) is 0 Å². The molecule has 3 aromatic rings. The van der Waals surface area contributed by atoms with Crippen molar-refractivity contribution < 1.29 is 35.8 Å². The Morgan fingerprint density at radius 2 is 1.10 bits per heavy atom. The number of unbranched alkanes of at least 4 members (excludes halogenated alkanes) is 5. The molecule has 0 fully saturated rings. The molecule has 0 aliphatic carbocycles. The molecule has 0 saturated carbocycles. The Bertz CT molecular complexity index is 1180. The van der Waals surface area contributed by atoms with Crippen LogP contribution in [0.5, 0.6) is 11.5 Å². The Hall–Kier alpha value is -3.16. The molecule has 0 aliphatic rings. The van der Waals surface area contributed by atoms with Crippen LogP contribution in [0.3, 0.4) is 0 Å². The summed E-state index contributed by atoms with van der Waals surface area (Å²) < 4.78 is 97.2. The third-order valence-electron chi connectivity index (χ3n) is 6.45. The van der Waals surface area contributed by atoms with Crippen LogP contribution < -0.4 is 9.47 Å². The fourth-order valence-electron chi connectivity index (χ4n) is 4.18. The number of aryl methyl sites for hydroxylation is 2. The number of benzene rings is 3. The van der Waals surface area contributed by atoms with E-state index in [1.807, 2.05) is 6.92 Å². The summed E-state index contributed by atoms with van der Waals surface area (Å²) in [6.07, 6.45) is -0.381. The minimum Gasteiger partial charge on any atom is -0.429 e. The van der Waals surface area contributed by atoms with Gasteiger partial charge in [0.25, 0.3) is 0 Å². The lowest BCUT2D eigenvalue weighted by Gasteiger charge is -2.21. The first-order valence-electron chi connectivity index (χ1n) is 13.4. The predicted molar refractivity (Wildman–Crippen MR) is 139 cm³/mol. The molecule has 0 radical (unpaired) electrons. The lowest BCUT2D eigenvalue weighted by atomic mass is 10.0. The van der Waals surface area contributed by atoms with Gasteiger partial charge in [-0.15, -0.1) is 0 Å². The van der Waals surface area contributed by atoms with E-state index >= 15 is 0 Å². The molecule has 8 heteroatoms. The Morgan fingerprint density at radius 1 is 0.564 bits per heavy atom. The van der Waals surface area contributed by atoms with Gasteiger partial charge in [0.15, 0.2) is 11.6 Å². The van der Waals surface area contributed by atoms with E-state index in [4.69, 9.17) is 4.74 Å². The lowest BCUT2D eigenvalue weighted by Crippen LogP contribution is -2.25. The van der Waals surface area contributed by atoms with Crippen LogP contribution in [0, 0.1) is 11.6 Å². The molecule has 0 bridgehead atoms. The topological polar surface area (TPSA) is 18.5 Å². The second-order valence-corrected chi connectivity index (χ2v) is 9.57. The molecular formula is C31H34F6O2. The SMILES string of the molecule is CCCCCCc1ccc(C(F)(F)Oc2ccc(C(F)(F)Oc3ccc(CCCCC)cc3)cc2)c(F)c1F. The normalized spacial score (nSPS) is 12.0. The summed E-state index contributed by atoms with van der Waals surface area (Å²) >= 11 is 0. The molecule has 0 aliphatic heterocycles. The summed E-state index contributed by atoms with van der Waals surface area (Å²) in [7, 11) is 0. The average Bonchev–Trinajstić information content (AvgIpc) is 2.90. The highest BCUT2D eigenvalue weighted by Crippen LogP contribution is 2.37. The highest BCUT2D eigenvalue weighted by atomic mass is 19.3. The molecule has 0 aromatic heterocycles. The smallest absolute Gasteiger partial charge is 0.429 e. The largest absolute Gasteiger partial charge is 0.429 e. The molecule has 0 saturated heterocycles. The Labute approximate surface area is 226 Å². The standard InChI is InChI=1S/C31H34F6O2/c1-3-5-7-9-11-23-14-21-27(29(33)28(23)32)31(36,37)39-26-19-15-24(16-20-26)30(34,35)38-25-17-12-22(13-18-25)10-8-6-4-2/h12-21H,3-11H2,1-2H3. The third-order valence-corrected chi connectivity index (χ3v) is 6.45. The van der Waals surface area contributed by atoms with Gasteiger partial charge < -0.3 is 9.47 Å². The monoisotopic (exact) mass is 552 g/mol. The molecule has 2 nitrogen and oxygen atoms in total. The zero-order chi connectivity index (χ0) is 28.5. The minimum absolute atomic E-state index is 0.0147. The second-order valence-electron chi connectivity index (χ2n) is 9.57. The van der Waals surface area contributed by atoms with E-state index in [1.165, 1.54) is 12.1 Å². The van der Waals surface area contributed by atoms with Crippen molar-refractivity contribution >= 4 is 0 Å². The third kappa shape index (κ3) is 8.41. The van der Waals surface area contributed by atoms with Crippen molar-refractivity contribution in [3.8, 4) is 11.5 Å². The van der Waals surface area contributed by atoms with Gasteiger partial charge >= 0.3 is 12.2 Å². The molecule has 0 amide bonds. The van der Waals surface area contributed by atoms with Crippen molar-refractivity contribution in [2.24, 2.45) is 0 Å². The van der Waals surface area contributed by atoms with Crippen molar-refractivity contribution in [2.75, 3.05) is 0 Å². The minimum atomic E-state index is -4.23. The number of ether oxygens (including phenoxy) is 2. The molecule has 0 spiro atoms. The zero-order valence-electron chi connectivity index (χ0n) is 22.2. The molecule has 0 heterocycles. The van der Waals surface area contributed by atoms with E-state index in [-0.39, 0.29) is 17.7 Å². The summed E-state index contributed by atoms with van der Waals surface area (Å²) in [5.74, 6) is -3.58. The van der Waals surface area contributed by atoms with Crippen LogP contribution in [0.4, 0.5) is 26.3 Å². The fraction of sp³-hybridized carbons (Fsp3) is 0.419. The van der Waals surface area contributed by atoms with Crippen molar-refractivity contribution in [1.29, 1.82) is 0 Å². The summed E-state index contributed by atoms with van der Waals surface area (Å²) in [6.45, 7) is 4.11. The van der Waals surface area contributed by atoms with E-state index in [2.05, 4.69) is 11.7 Å². The number of rotatable bonds is 15. The number of hydrogen-bond donors (Lipinski definition) is 0. The molecule has 3 aromatic carbocycles. The van der Waals surface area contributed by atoms with Gasteiger partial charge in [0.05, 0.1) is 5.56 Å². The quantitative estimate of drug-likeness (QED) is 0.138. The van der Waals surface area contributed by atoms with Crippen molar-refractivity contribution in [1.82, 2.24) is 0 Å². The van der Waals surface area contributed by atoms with Crippen LogP contribution in [-0.4, -0.2) is 0 Å². The number of alkyl halides is 4.